The number of nitrogen functional groups attached to an aromatic ring is 1. The van der Waals surface area contributed by atoms with E-state index >= 15 is 0 Å². The van der Waals surface area contributed by atoms with Crippen LogP contribution in [0.2, 0.25) is 0 Å². The second-order valence-electron chi connectivity index (χ2n) is 3.30. The molecule has 0 fully saturated rings. The van der Waals surface area contributed by atoms with Crippen LogP contribution in [0.5, 0.6) is 0 Å². The first kappa shape index (κ1) is 12.1. The van der Waals surface area contributed by atoms with E-state index in [1.807, 2.05) is 36.4 Å². The predicted octanol–water partition coefficient (Wildman–Crippen LogP) is 4.36. The molecule has 0 radical (unpaired) electrons. The lowest BCUT2D eigenvalue weighted by atomic mass is 10.3. The van der Waals surface area contributed by atoms with E-state index in [0.717, 1.165) is 15.5 Å². The zero-order valence-electron chi connectivity index (χ0n) is 8.89. The van der Waals surface area contributed by atoms with Crippen LogP contribution in [0.4, 0.5) is 15.9 Å². The molecule has 0 saturated carbocycles. The molecule has 0 amide bonds. The Bertz CT molecular complexity index is 505. The quantitative estimate of drug-likeness (QED) is 0.490. The van der Waals surface area contributed by atoms with E-state index in [0.29, 0.717) is 5.69 Å². The van der Waals surface area contributed by atoms with Crippen LogP contribution in [0.1, 0.15) is 0 Å². The molecule has 0 saturated heterocycles. The highest BCUT2D eigenvalue weighted by Gasteiger charge is 2.04. The lowest BCUT2D eigenvalue weighted by molar-refractivity contribution is 0.614. The summed E-state index contributed by atoms with van der Waals surface area (Å²) in [5.41, 5.74) is 8.72. The van der Waals surface area contributed by atoms with Crippen molar-refractivity contribution in [2.75, 3.05) is 11.3 Å². The third kappa shape index (κ3) is 3.08. The van der Waals surface area contributed by atoms with E-state index in [1.165, 1.54) is 21.6 Å². The Morgan fingerprint density at radius 1 is 0.882 bits per heavy atom. The molecule has 17 heavy (non-hydrogen) atoms. The summed E-state index contributed by atoms with van der Waals surface area (Å²) in [5.74, 6) is 0. The predicted molar refractivity (Wildman–Crippen MR) is 73.7 cm³/mol. The van der Waals surface area contributed by atoms with Crippen molar-refractivity contribution in [3.8, 4) is 0 Å². The summed E-state index contributed by atoms with van der Waals surface area (Å²) in [5, 5.41) is 0. The Morgan fingerprint density at radius 3 is 2.18 bits per heavy atom. The number of halogens is 1. The van der Waals surface area contributed by atoms with Gasteiger partial charge in [0.25, 0.3) is 0 Å². The molecule has 2 aromatic carbocycles. The van der Waals surface area contributed by atoms with Crippen molar-refractivity contribution in [1.82, 2.24) is 0 Å². The van der Waals surface area contributed by atoms with Gasteiger partial charge in [-0.2, -0.15) is 0 Å². The van der Waals surface area contributed by atoms with E-state index in [1.54, 1.807) is 17.7 Å². The van der Waals surface area contributed by atoms with Crippen molar-refractivity contribution in [2.24, 2.45) is 0 Å². The van der Waals surface area contributed by atoms with Crippen molar-refractivity contribution in [3.63, 3.8) is 0 Å². The van der Waals surface area contributed by atoms with Gasteiger partial charge < -0.3 is 5.73 Å². The molecule has 0 aliphatic heterocycles. The number of para-hydroxylation sites is 2. The molecule has 0 bridgehead atoms. The number of nitrogens with one attached hydrogen (secondary N) is 1. The fourth-order valence-corrected chi connectivity index (χ4v) is 3.50. The molecule has 2 aromatic rings. The number of rotatable bonds is 4. The summed E-state index contributed by atoms with van der Waals surface area (Å²) in [6, 6.07) is 14.8. The first-order valence-electron chi connectivity index (χ1n) is 4.96. The summed E-state index contributed by atoms with van der Waals surface area (Å²) in [7, 11) is 2.99. The topological polar surface area (TPSA) is 38.0 Å². The van der Waals surface area contributed by atoms with Gasteiger partial charge in [-0.1, -0.05) is 45.9 Å². The number of anilines is 2. The zero-order chi connectivity index (χ0) is 12.1. The monoisotopic (exact) mass is 266 g/mol. The summed E-state index contributed by atoms with van der Waals surface area (Å²) in [6.07, 6.45) is 0. The summed E-state index contributed by atoms with van der Waals surface area (Å²) in [4.78, 5) is 1.81. The molecular formula is C12H11FN2S2. The van der Waals surface area contributed by atoms with Gasteiger partial charge in [-0.3, -0.25) is 0 Å². The Balaban J connectivity index is 2.10. The van der Waals surface area contributed by atoms with Crippen LogP contribution in [0.15, 0.2) is 58.3 Å². The van der Waals surface area contributed by atoms with Gasteiger partial charge in [0, 0.05) is 15.5 Å². The Labute approximate surface area is 107 Å². The highest BCUT2D eigenvalue weighted by Crippen LogP contribution is 2.42. The Hall–Kier alpha value is -1.33. The Kier molecular flexibility index (Phi) is 4.17. The molecule has 0 heterocycles. The molecule has 0 unspecified atom stereocenters. The minimum absolute atomic E-state index is 0.472. The number of hydrogen-bond donors (Lipinski definition) is 2. The first-order chi connectivity index (χ1) is 8.31. The van der Waals surface area contributed by atoms with Crippen molar-refractivity contribution in [3.05, 3.63) is 48.5 Å². The van der Waals surface area contributed by atoms with E-state index in [-0.39, 0.29) is 0 Å². The summed E-state index contributed by atoms with van der Waals surface area (Å²) < 4.78 is 12.5. The zero-order valence-corrected chi connectivity index (χ0v) is 10.5. The van der Waals surface area contributed by atoms with Gasteiger partial charge in [-0.25, -0.2) is 5.54 Å². The third-order valence-corrected chi connectivity index (χ3v) is 4.63. The number of hydrogen-bond acceptors (Lipinski definition) is 4. The van der Waals surface area contributed by atoms with Crippen LogP contribution in [0.3, 0.4) is 0 Å². The molecule has 0 aliphatic carbocycles. The second kappa shape index (κ2) is 5.84. The van der Waals surface area contributed by atoms with Gasteiger partial charge in [0.1, 0.15) is 0 Å². The molecule has 2 nitrogen and oxygen atoms in total. The highest BCUT2D eigenvalue weighted by atomic mass is 33.1. The number of benzene rings is 2. The van der Waals surface area contributed by atoms with Crippen LogP contribution in [-0.4, -0.2) is 0 Å². The average Bonchev–Trinajstić information content (AvgIpc) is 2.38. The maximum atomic E-state index is 12.5. The van der Waals surface area contributed by atoms with Crippen LogP contribution >= 0.6 is 21.6 Å². The van der Waals surface area contributed by atoms with Gasteiger partial charge in [0.15, 0.2) is 0 Å². The SMILES string of the molecule is Nc1ccccc1SSc1ccccc1NF. The fraction of sp³-hybridized carbons (Fsp3) is 0. The van der Waals surface area contributed by atoms with Gasteiger partial charge in [0.2, 0.25) is 0 Å². The molecule has 0 aromatic heterocycles. The molecule has 2 rings (SSSR count). The standard InChI is InChI=1S/C12H11FN2S2/c13-15-10-6-2-4-8-12(10)17-16-11-7-3-1-5-9(11)14/h1-8,15H,14H2. The average molecular weight is 266 g/mol. The van der Waals surface area contributed by atoms with E-state index in [2.05, 4.69) is 0 Å². The van der Waals surface area contributed by atoms with Crippen LogP contribution < -0.4 is 11.3 Å². The normalized spacial score (nSPS) is 10.2. The molecular weight excluding hydrogens is 255 g/mol. The third-order valence-electron chi connectivity index (χ3n) is 2.13. The molecule has 0 atom stereocenters. The fourth-order valence-electron chi connectivity index (χ4n) is 1.26. The molecule has 5 heteroatoms. The van der Waals surface area contributed by atoms with E-state index in [4.69, 9.17) is 5.73 Å². The van der Waals surface area contributed by atoms with Gasteiger partial charge >= 0.3 is 0 Å². The van der Waals surface area contributed by atoms with Gasteiger partial charge in [0.05, 0.1) is 5.69 Å². The minimum Gasteiger partial charge on any atom is -0.398 e. The maximum absolute atomic E-state index is 12.5. The van der Waals surface area contributed by atoms with Crippen LogP contribution in [0, 0.1) is 0 Å². The molecule has 0 aliphatic rings. The lowest BCUT2D eigenvalue weighted by Gasteiger charge is -2.07. The second-order valence-corrected chi connectivity index (χ2v) is 5.51. The highest BCUT2D eigenvalue weighted by molar-refractivity contribution is 8.76. The van der Waals surface area contributed by atoms with Crippen molar-refractivity contribution >= 4 is 33.0 Å². The van der Waals surface area contributed by atoms with Crippen molar-refractivity contribution in [2.45, 2.75) is 9.79 Å². The van der Waals surface area contributed by atoms with Gasteiger partial charge in [-0.15, -0.1) is 4.48 Å². The van der Waals surface area contributed by atoms with Crippen molar-refractivity contribution in [1.29, 1.82) is 0 Å². The lowest BCUT2D eigenvalue weighted by Crippen LogP contribution is -1.86. The smallest absolute Gasteiger partial charge is 0.0800 e. The van der Waals surface area contributed by atoms with E-state index < -0.39 is 0 Å². The largest absolute Gasteiger partial charge is 0.398 e. The van der Waals surface area contributed by atoms with Crippen LogP contribution in [0.25, 0.3) is 0 Å². The summed E-state index contributed by atoms with van der Waals surface area (Å²) >= 11 is 0. The molecule has 3 N–H and O–H groups in total. The maximum Gasteiger partial charge on any atom is 0.0800 e. The molecule has 88 valence electrons. The number of nitrogens with two attached hydrogens (primary N) is 1. The van der Waals surface area contributed by atoms with Crippen molar-refractivity contribution < 1.29 is 4.48 Å². The summed E-state index contributed by atoms with van der Waals surface area (Å²) in [6.45, 7) is 0. The van der Waals surface area contributed by atoms with E-state index in [9.17, 15) is 4.48 Å². The molecule has 0 spiro atoms. The Morgan fingerprint density at radius 2 is 1.47 bits per heavy atom. The van der Waals surface area contributed by atoms with Gasteiger partial charge in [-0.05, 0) is 24.3 Å². The first-order valence-corrected chi connectivity index (χ1v) is 7.11. The van der Waals surface area contributed by atoms with Crippen LogP contribution in [-0.2, 0) is 0 Å². The minimum atomic E-state index is 0.472.